The van der Waals surface area contributed by atoms with Crippen LogP contribution in [0.1, 0.15) is 43.7 Å². The van der Waals surface area contributed by atoms with Gasteiger partial charge in [-0.25, -0.2) is 0 Å². The Kier molecular flexibility index (Phi) is 4.12. The van der Waals surface area contributed by atoms with Crippen LogP contribution >= 0.6 is 0 Å². The van der Waals surface area contributed by atoms with Crippen LogP contribution in [-0.4, -0.2) is 43.3 Å². The second-order valence-corrected chi connectivity index (χ2v) is 6.49. The number of rotatable bonds is 3. The highest BCUT2D eigenvalue weighted by Crippen LogP contribution is 2.38. The molecule has 0 bridgehead atoms. The SMILES string of the molecule is O=C(C[C@@H]1CCCO1)N1CCC[C@@H]1c1ccc2c(c1)OCCO2. The smallest absolute Gasteiger partial charge is 0.225 e. The van der Waals surface area contributed by atoms with Gasteiger partial charge in [-0.1, -0.05) is 6.07 Å². The molecule has 5 heteroatoms. The van der Waals surface area contributed by atoms with Crippen LogP contribution in [0.2, 0.25) is 0 Å². The molecule has 0 aromatic heterocycles. The fraction of sp³-hybridized carbons (Fsp3) is 0.611. The van der Waals surface area contributed by atoms with E-state index in [1.165, 1.54) is 0 Å². The second kappa shape index (κ2) is 6.40. The molecule has 2 saturated heterocycles. The number of amides is 1. The molecule has 5 nitrogen and oxygen atoms in total. The number of likely N-dealkylation sites (tertiary alicyclic amines) is 1. The minimum Gasteiger partial charge on any atom is -0.486 e. The van der Waals surface area contributed by atoms with Gasteiger partial charge < -0.3 is 19.1 Å². The van der Waals surface area contributed by atoms with E-state index in [2.05, 4.69) is 6.07 Å². The predicted octanol–water partition coefficient (Wildman–Crippen LogP) is 2.69. The number of fused-ring (bicyclic) bond motifs is 1. The number of carbonyl (C=O) groups excluding carboxylic acids is 1. The summed E-state index contributed by atoms with van der Waals surface area (Å²) in [6.45, 7) is 2.82. The van der Waals surface area contributed by atoms with Crippen LogP contribution in [0.5, 0.6) is 11.5 Å². The van der Waals surface area contributed by atoms with Crippen molar-refractivity contribution in [1.29, 1.82) is 0 Å². The molecule has 3 aliphatic heterocycles. The van der Waals surface area contributed by atoms with Gasteiger partial charge >= 0.3 is 0 Å². The van der Waals surface area contributed by atoms with E-state index in [1.54, 1.807) is 0 Å². The highest BCUT2D eigenvalue weighted by atomic mass is 16.6. The molecule has 0 radical (unpaired) electrons. The Hall–Kier alpha value is -1.75. The van der Waals surface area contributed by atoms with Crippen molar-refractivity contribution in [2.75, 3.05) is 26.4 Å². The van der Waals surface area contributed by atoms with Gasteiger partial charge in [0, 0.05) is 13.2 Å². The maximum Gasteiger partial charge on any atom is 0.225 e. The minimum absolute atomic E-state index is 0.115. The van der Waals surface area contributed by atoms with Crippen molar-refractivity contribution in [3.05, 3.63) is 23.8 Å². The Morgan fingerprint density at radius 2 is 1.96 bits per heavy atom. The van der Waals surface area contributed by atoms with E-state index in [9.17, 15) is 4.79 Å². The summed E-state index contributed by atoms with van der Waals surface area (Å²) in [4.78, 5) is 14.7. The quantitative estimate of drug-likeness (QED) is 0.860. The largest absolute Gasteiger partial charge is 0.486 e. The first-order valence-electron chi connectivity index (χ1n) is 8.62. The zero-order valence-electron chi connectivity index (χ0n) is 13.3. The van der Waals surface area contributed by atoms with E-state index in [0.717, 1.165) is 55.9 Å². The summed E-state index contributed by atoms with van der Waals surface area (Å²) in [5.74, 6) is 1.82. The van der Waals surface area contributed by atoms with E-state index in [4.69, 9.17) is 14.2 Å². The molecule has 1 amide bonds. The van der Waals surface area contributed by atoms with E-state index < -0.39 is 0 Å². The van der Waals surface area contributed by atoms with Crippen LogP contribution in [0.4, 0.5) is 0 Å². The van der Waals surface area contributed by atoms with Crippen LogP contribution in [0.15, 0.2) is 18.2 Å². The zero-order valence-corrected chi connectivity index (χ0v) is 13.3. The van der Waals surface area contributed by atoms with Crippen molar-refractivity contribution in [3.8, 4) is 11.5 Å². The first-order chi connectivity index (χ1) is 11.3. The normalized spacial score (nSPS) is 26.5. The highest BCUT2D eigenvalue weighted by Gasteiger charge is 2.32. The molecule has 1 aromatic carbocycles. The summed E-state index contributed by atoms with van der Waals surface area (Å²) in [7, 11) is 0. The van der Waals surface area contributed by atoms with Gasteiger partial charge in [-0.3, -0.25) is 4.79 Å². The number of nitrogens with zero attached hydrogens (tertiary/aromatic N) is 1. The van der Waals surface area contributed by atoms with Crippen LogP contribution in [0, 0.1) is 0 Å². The monoisotopic (exact) mass is 317 g/mol. The van der Waals surface area contributed by atoms with Gasteiger partial charge in [0.2, 0.25) is 5.91 Å². The van der Waals surface area contributed by atoms with Crippen molar-refractivity contribution >= 4 is 5.91 Å². The van der Waals surface area contributed by atoms with Crippen molar-refractivity contribution in [2.45, 2.75) is 44.2 Å². The lowest BCUT2D eigenvalue weighted by Gasteiger charge is -2.27. The molecular weight excluding hydrogens is 294 g/mol. The molecule has 4 rings (SSSR count). The van der Waals surface area contributed by atoms with Gasteiger partial charge in [0.25, 0.3) is 0 Å². The molecule has 0 aliphatic carbocycles. The van der Waals surface area contributed by atoms with Crippen molar-refractivity contribution in [2.24, 2.45) is 0 Å². The van der Waals surface area contributed by atoms with Gasteiger partial charge in [0.15, 0.2) is 11.5 Å². The Labute approximate surface area is 136 Å². The lowest BCUT2D eigenvalue weighted by Crippen LogP contribution is -2.33. The Morgan fingerprint density at radius 3 is 2.78 bits per heavy atom. The van der Waals surface area contributed by atoms with Gasteiger partial charge in [-0.05, 0) is 43.4 Å². The minimum atomic E-state index is 0.115. The fourth-order valence-electron chi connectivity index (χ4n) is 3.80. The average Bonchev–Trinajstić information content (AvgIpc) is 3.25. The van der Waals surface area contributed by atoms with Crippen LogP contribution in [0.3, 0.4) is 0 Å². The lowest BCUT2D eigenvalue weighted by atomic mass is 10.0. The van der Waals surface area contributed by atoms with Crippen LogP contribution < -0.4 is 9.47 Å². The Morgan fingerprint density at radius 1 is 1.09 bits per heavy atom. The highest BCUT2D eigenvalue weighted by molar-refractivity contribution is 5.77. The molecule has 2 atom stereocenters. The van der Waals surface area contributed by atoms with E-state index in [-0.39, 0.29) is 18.1 Å². The summed E-state index contributed by atoms with van der Waals surface area (Å²) in [5.41, 5.74) is 1.15. The molecule has 23 heavy (non-hydrogen) atoms. The van der Waals surface area contributed by atoms with E-state index in [1.807, 2.05) is 17.0 Å². The summed E-state index contributed by atoms with van der Waals surface area (Å²) in [6.07, 6.45) is 4.77. The molecular formula is C18H23NO4. The number of hydrogen-bond donors (Lipinski definition) is 0. The molecule has 2 fully saturated rings. The predicted molar refractivity (Wildman–Crippen MR) is 84.7 cm³/mol. The number of hydrogen-bond acceptors (Lipinski definition) is 4. The summed E-state index contributed by atoms with van der Waals surface area (Å²) < 4.78 is 16.9. The van der Waals surface area contributed by atoms with Crippen molar-refractivity contribution in [1.82, 2.24) is 4.90 Å². The van der Waals surface area contributed by atoms with Gasteiger partial charge in [0.05, 0.1) is 18.6 Å². The standard InChI is InChI=1S/C18H23NO4/c20-18(12-14-3-2-8-21-14)19-7-1-4-15(19)13-5-6-16-17(11-13)23-10-9-22-16/h5-6,11,14-15H,1-4,7-10,12H2/t14-,15+/m0/s1. The fourth-order valence-corrected chi connectivity index (χ4v) is 3.80. The molecule has 0 unspecified atom stereocenters. The van der Waals surface area contributed by atoms with Crippen molar-refractivity contribution in [3.63, 3.8) is 0 Å². The van der Waals surface area contributed by atoms with E-state index in [0.29, 0.717) is 19.6 Å². The molecule has 3 aliphatic rings. The third-order valence-corrected chi connectivity index (χ3v) is 4.95. The first-order valence-corrected chi connectivity index (χ1v) is 8.62. The lowest BCUT2D eigenvalue weighted by molar-refractivity contribution is -0.134. The second-order valence-electron chi connectivity index (χ2n) is 6.49. The van der Waals surface area contributed by atoms with Crippen molar-refractivity contribution < 1.29 is 19.0 Å². The van der Waals surface area contributed by atoms with E-state index >= 15 is 0 Å². The molecule has 0 saturated carbocycles. The summed E-state index contributed by atoms with van der Waals surface area (Å²) >= 11 is 0. The number of carbonyl (C=O) groups is 1. The third kappa shape index (κ3) is 3.02. The van der Waals surface area contributed by atoms with Gasteiger partial charge in [-0.15, -0.1) is 0 Å². The number of benzene rings is 1. The zero-order chi connectivity index (χ0) is 15.6. The van der Waals surface area contributed by atoms with Crippen LogP contribution in [-0.2, 0) is 9.53 Å². The molecule has 124 valence electrons. The summed E-state index contributed by atoms with van der Waals surface area (Å²) in [5, 5.41) is 0. The molecule has 0 spiro atoms. The average molecular weight is 317 g/mol. The topological polar surface area (TPSA) is 48.0 Å². The molecule has 1 aromatic rings. The third-order valence-electron chi connectivity index (χ3n) is 4.95. The van der Waals surface area contributed by atoms with Crippen LogP contribution in [0.25, 0.3) is 0 Å². The van der Waals surface area contributed by atoms with Gasteiger partial charge in [0.1, 0.15) is 13.2 Å². The summed E-state index contributed by atoms with van der Waals surface area (Å²) in [6, 6.07) is 6.22. The maximum absolute atomic E-state index is 12.7. The Balaban J connectivity index is 1.49. The Bertz CT molecular complexity index is 582. The first kappa shape index (κ1) is 14.8. The number of ether oxygens (including phenoxy) is 3. The maximum atomic E-state index is 12.7. The van der Waals surface area contributed by atoms with Gasteiger partial charge in [-0.2, -0.15) is 0 Å². The molecule has 3 heterocycles. The molecule has 0 N–H and O–H groups in total.